The molecule has 0 unspecified atom stereocenters. The second-order valence-corrected chi connectivity index (χ2v) is 8.60. The summed E-state index contributed by atoms with van der Waals surface area (Å²) in [4.78, 5) is 4.96. The van der Waals surface area contributed by atoms with Crippen molar-refractivity contribution in [1.82, 2.24) is 20.4 Å². The molecule has 0 bridgehead atoms. The first-order chi connectivity index (χ1) is 12.8. The van der Waals surface area contributed by atoms with Gasteiger partial charge in [-0.2, -0.15) is 5.10 Å². The highest BCUT2D eigenvalue weighted by Gasteiger charge is 2.10. The molecule has 2 rings (SSSR count). The number of nitrogens with one attached hydrogen (secondary N) is 2. The lowest BCUT2D eigenvalue weighted by Crippen LogP contribution is -2.37. The largest absolute Gasteiger partial charge is 0.357 e. The Hall–Kier alpha value is -2.35. The minimum atomic E-state index is -3.19. The lowest BCUT2D eigenvalue weighted by atomic mass is 10.1. The molecule has 148 valence electrons. The van der Waals surface area contributed by atoms with Crippen molar-refractivity contribution in [3.8, 4) is 0 Å². The first-order valence-corrected chi connectivity index (χ1v) is 11.0. The first kappa shape index (κ1) is 21.0. The number of guanidine groups is 1. The molecule has 1 heterocycles. The Kier molecular flexibility index (Phi) is 7.41. The first-order valence-electron chi connectivity index (χ1n) is 9.09. The van der Waals surface area contributed by atoms with Gasteiger partial charge in [0, 0.05) is 32.6 Å². The van der Waals surface area contributed by atoms with E-state index in [0.717, 1.165) is 43.0 Å². The Bertz CT molecular complexity index is 887. The fourth-order valence-electron chi connectivity index (χ4n) is 2.84. The van der Waals surface area contributed by atoms with Crippen LogP contribution < -0.4 is 10.6 Å². The van der Waals surface area contributed by atoms with Gasteiger partial charge in [0.05, 0.1) is 17.6 Å². The van der Waals surface area contributed by atoms with Crippen LogP contribution in [-0.4, -0.2) is 43.5 Å². The molecule has 2 N–H and O–H groups in total. The number of benzene rings is 1. The number of rotatable bonds is 8. The summed E-state index contributed by atoms with van der Waals surface area (Å²) in [6.07, 6.45) is 7.10. The molecule has 0 saturated carbocycles. The van der Waals surface area contributed by atoms with E-state index in [-0.39, 0.29) is 0 Å². The van der Waals surface area contributed by atoms with E-state index in [1.165, 1.54) is 11.8 Å². The van der Waals surface area contributed by atoms with E-state index in [2.05, 4.69) is 20.7 Å². The smallest absolute Gasteiger partial charge is 0.191 e. The molecule has 2 aromatic rings. The Morgan fingerprint density at radius 1 is 1.26 bits per heavy atom. The zero-order valence-electron chi connectivity index (χ0n) is 16.5. The summed E-state index contributed by atoms with van der Waals surface area (Å²) < 4.78 is 25.2. The lowest BCUT2D eigenvalue weighted by molar-refractivity contribution is 0.601. The third kappa shape index (κ3) is 6.71. The number of aliphatic imine (C=N–C) groups is 1. The third-order valence-corrected chi connectivity index (χ3v) is 5.35. The molecule has 7 nitrogen and oxygen atoms in total. The molecule has 0 aliphatic carbocycles. The Morgan fingerprint density at radius 2 is 2.04 bits per heavy atom. The van der Waals surface area contributed by atoms with Gasteiger partial charge in [-0.1, -0.05) is 12.1 Å². The van der Waals surface area contributed by atoms with Crippen LogP contribution in [0.4, 0.5) is 0 Å². The zero-order chi connectivity index (χ0) is 19.9. The van der Waals surface area contributed by atoms with Gasteiger partial charge in [-0.25, -0.2) is 13.4 Å². The summed E-state index contributed by atoms with van der Waals surface area (Å²) >= 11 is 0. The van der Waals surface area contributed by atoms with Gasteiger partial charge >= 0.3 is 0 Å². The monoisotopic (exact) mass is 391 g/mol. The SMILES string of the molecule is CCNC(=NCc1ccc(S(C)(=O)=O)c(C)c1)NCCCc1cnn(C)c1. The van der Waals surface area contributed by atoms with Crippen molar-refractivity contribution in [2.24, 2.45) is 12.0 Å². The van der Waals surface area contributed by atoms with Crippen molar-refractivity contribution >= 4 is 15.8 Å². The summed E-state index contributed by atoms with van der Waals surface area (Å²) in [6, 6.07) is 5.36. The third-order valence-electron chi connectivity index (χ3n) is 4.10. The molecule has 0 spiro atoms. The molecule has 1 aromatic carbocycles. The molecule has 27 heavy (non-hydrogen) atoms. The average Bonchev–Trinajstić information content (AvgIpc) is 3.00. The number of nitrogens with zero attached hydrogens (tertiary/aromatic N) is 3. The van der Waals surface area contributed by atoms with E-state index in [0.29, 0.717) is 11.4 Å². The fraction of sp³-hybridized carbons (Fsp3) is 0.474. The van der Waals surface area contributed by atoms with E-state index < -0.39 is 9.84 Å². The van der Waals surface area contributed by atoms with Crippen LogP contribution >= 0.6 is 0 Å². The molecular formula is C19H29N5O2S. The normalized spacial score (nSPS) is 12.2. The maximum Gasteiger partial charge on any atom is 0.191 e. The maximum atomic E-state index is 11.7. The second kappa shape index (κ2) is 9.55. The fourth-order valence-corrected chi connectivity index (χ4v) is 3.80. The molecule has 1 aromatic heterocycles. The number of sulfone groups is 1. The molecule has 8 heteroatoms. The van der Waals surface area contributed by atoms with Crippen LogP contribution in [0.25, 0.3) is 0 Å². The zero-order valence-corrected chi connectivity index (χ0v) is 17.3. The summed E-state index contributed by atoms with van der Waals surface area (Å²) in [5, 5.41) is 10.7. The lowest BCUT2D eigenvalue weighted by Gasteiger charge is -2.11. The molecule has 0 atom stereocenters. The van der Waals surface area contributed by atoms with E-state index >= 15 is 0 Å². The quantitative estimate of drug-likeness (QED) is 0.407. The van der Waals surface area contributed by atoms with E-state index in [4.69, 9.17) is 0 Å². The van der Waals surface area contributed by atoms with Crippen molar-refractivity contribution in [1.29, 1.82) is 0 Å². The van der Waals surface area contributed by atoms with Crippen LogP contribution in [0, 0.1) is 6.92 Å². The predicted octanol–water partition coefficient (Wildman–Crippen LogP) is 1.82. The van der Waals surface area contributed by atoms with Gasteiger partial charge in [0.1, 0.15) is 0 Å². The van der Waals surface area contributed by atoms with Gasteiger partial charge in [0.25, 0.3) is 0 Å². The Balaban J connectivity index is 1.91. The van der Waals surface area contributed by atoms with Crippen LogP contribution in [0.15, 0.2) is 40.5 Å². The molecule has 0 amide bonds. The van der Waals surface area contributed by atoms with E-state index in [1.54, 1.807) is 6.07 Å². The summed E-state index contributed by atoms with van der Waals surface area (Å²) in [7, 11) is -1.27. The number of aryl methyl sites for hydroxylation is 3. The predicted molar refractivity (Wildman–Crippen MR) is 109 cm³/mol. The van der Waals surface area contributed by atoms with Gasteiger partial charge in [0.15, 0.2) is 15.8 Å². The minimum absolute atomic E-state index is 0.371. The van der Waals surface area contributed by atoms with Crippen LogP contribution in [-0.2, 0) is 29.9 Å². The molecule has 0 fully saturated rings. The topological polar surface area (TPSA) is 88.4 Å². The highest BCUT2D eigenvalue weighted by atomic mass is 32.2. The van der Waals surface area contributed by atoms with Crippen molar-refractivity contribution in [2.45, 2.75) is 38.1 Å². The molecule has 0 radical (unpaired) electrons. The van der Waals surface area contributed by atoms with Gasteiger partial charge in [-0.15, -0.1) is 0 Å². The van der Waals surface area contributed by atoms with Gasteiger partial charge in [0.2, 0.25) is 0 Å². The van der Waals surface area contributed by atoms with Gasteiger partial charge in [-0.3, -0.25) is 4.68 Å². The van der Waals surface area contributed by atoms with Crippen LogP contribution in [0.3, 0.4) is 0 Å². The Labute approximate surface area is 161 Å². The standard InChI is InChI=1S/C19H29N5O2S/c1-5-20-19(21-10-6-7-17-13-23-24(3)14-17)22-12-16-8-9-18(15(2)11-16)27(4,25)26/h8-9,11,13-14H,5-7,10,12H2,1-4H3,(H2,20,21,22). The number of aromatic nitrogens is 2. The van der Waals surface area contributed by atoms with Crippen molar-refractivity contribution in [2.75, 3.05) is 19.3 Å². The average molecular weight is 392 g/mol. The number of hydrogen-bond acceptors (Lipinski definition) is 4. The highest BCUT2D eigenvalue weighted by Crippen LogP contribution is 2.17. The highest BCUT2D eigenvalue weighted by molar-refractivity contribution is 7.90. The molecule has 0 saturated heterocycles. The number of hydrogen-bond donors (Lipinski definition) is 2. The van der Waals surface area contributed by atoms with E-state index in [9.17, 15) is 8.42 Å². The molecular weight excluding hydrogens is 362 g/mol. The van der Waals surface area contributed by atoms with Crippen molar-refractivity contribution in [3.05, 3.63) is 47.3 Å². The second-order valence-electron chi connectivity index (χ2n) is 6.62. The van der Waals surface area contributed by atoms with Crippen LogP contribution in [0.1, 0.15) is 30.0 Å². The summed E-state index contributed by atoms with van der Waals surface area (Å²) in [6.45, 7) is 5.92. The van der Waals surface area contributed by atoms with Crippen LogP contribution in [0.2, 0.25) is 0 Å². The molecule has 0 aliphatic rings. The summed E-state index contributed by atoms with van der Waals surface area (Å²) in [5.41, 5.74) is 2.95. The summed E-state index contributed by atoms with van der Waals surface area (Å²) in [5.74, 6) is 0.758. The maximum absolute atomic E-state index is 11.7. The van der Waals surface area contributed by atoms with Crippen molar-refractivity contribution < 1.29 is 8.42 Å². The van der Waals surface area contributed by atoms with Gasteiger partial charge < -0.3 is 10.6 Å². The minimum Gasteiger partial charge on any atom is -0.357 e. The Morgan fingerprint density at radius 3 is 2.63 bits per heavy atom. The van der Waals surface area contributed by atoms with Gasteiger partial charge in [-0.05, 0) is 49.4 Å². The van der Waals surface area contributed by atoms with Crippen LogP contribution in [0.5, 0.6) is 0 Å². The van der Waals surface area contributed by atoms with E-state index in [1.807, 2.05) is 50.1 Å². The van der Waals surface area contributed by atoms with Crippen molar-refractivity contribution in [3.63, 3.8) is 0 Å². The molecule has 0 aliphatic heterocycles.